The first-order valence-electron chi connectivity index (χ1n) is 3.84. The maximum absolute atomic E-state index is 10.1. The quantitative estimate of drug-likeness (QED) is 0.651. The van der Waals surface area contributed by atoms with Crippen molar-refractivity contribution in [3.8, 4) is 0 Å². The third-order valence-electron chi connectivity index (χ3n) is 1.22. The van der Waals surface area contributed by atoms with Gasteiger partial charge in [0.25, 0.3) is 0 Å². The zero-order chi connectivity index (χ0) is 9.40. The summed E-state index contributed by atoms with van der Waals surface area (Å²) in [5.41, 5.74) is 1.11. The molecule has 0 aromatic carbocycles. The van der Waals surface area contributed by atoms with Crippen LogP contribution in [0.2, 0.25) is 0 Å². The minimum absolute atomic E-state index is 0.0830. The topological polar surface area (TPSA) is 37.3 Å². The lowest BCUT2D eigenvalue weighted by Crippen LogP contribution is -1.89. The number of hydrogen-bond acceptors (Lipinski definition) is 1. The van der Waals surface area contributed by atoms with Gasteiger partial charge in [-0.05, 0) is 13.8 Å². The smallest absolute Gasteiger partial charge is 0.307 e. The summed E-state index contributed by atoms with van der Waals surface area (Å²) in [7, 11) is 0. The Morgan fingerprint density at radius 2 is 2.17 bits per heavy atom. The van der Waals surface area contributed by atoms with E-state index in [9.17, 15) is 4.79 Å². The molecule has 0 aliphatic rings. The third-order valence-corrected chi connectivity index (χ3v) is 1.22. The van der Waals surface area contributed by atoms with Crippen LogP contribution in [0, 0.1) is 0 Å². The summed E-state index contributed by atoms with van der Waals surface area (Å²) in [5.74, 6) is -0.802. The Kier molecular flexibility index (Phi) is 5.70. The minimum atomic E-state index is -0.802. The first-order chi connectivity index (χ1) is 5.66. The van der Waals surface area contributed by atoms with Crippen molar-refractivity contribution in [2.45, 2.75) is 20.3 Å². The van der Waals surface area contributed by atoms with Gasteiger partial charge in [-0.15, -0.1) is 0 Å². The fourth-order valence-corrected chi connectivity index (χ4v) is 0.707. The molecule has 0 aliphatic carbocycles. The standard InChI is InChI=1S/C10H14O2/c1-3-6-9(2)7-4-5-8-10(11)12/h3-7H,8H2,1-2H3,(H,11,12)/b5-4+,6-3-,9-7-. The first-order valence-corrected chi connectivity index (χ1v) is 3.84. The molecule has 12 heavy (non-hydrogen) atoms. The van der Waals surface area contributed by atoms with Gasteiger partial charge in [0.2, 0.25) is 0 Å². The lowest BCUT2D eigenvalue weighted by atomic mass is 10.2. The largest absolute Gasteiger partial charge is 0.481 e. The van der Waals surface area contributed by atoms with E-state index in [2.05, 4.69) is 0 Å². The predicted molar refractivity (Wildman–Crippen MR) is 50.0 cm³/mol. The molecule has 0 aromatic heterocycles. The normalized spacial score (nSPS) is 13.0. The van der Waals surface area contributed by atoms with Crippen LogP contribution in [0.3, 0.4) is 0 Å². The van der Waals surface area contributed by atoms with E-state index >= 15 is 0 Å². The van der Waals surface area contributed by atoms with Crippen molar-refractivity contribution < 1.29 is 9.90 Å². The highest BCUT2D eigenvalue weighted by Gasteiger charge is 1.86. The van der Waals surface area contributed by atoms with Crippen LogP contribution in [0.4, 0.5) is 0 Å². The second kappa shape index (κ2) is 6.40. The molecule has 0 unspecified atom stereocenters. The molecule has 0 bridgehead atoms. The minimum Gasteiger partial charge on any atom is -0.481 e. The highest BCUT2D eigenvalue weighted by atomic mass is 16.4. The predicted octanol–water partition coefficient (Wildman–Crippen LogP) is 2.54. The Hall–Kier alpha value is -1.31. The van der Waals surface area contributed by atoms with E-state index < -0.39 is 5.97 Å². The average Bonchev–Trinajstić information content (AvgIpc) is 1.98. The number of carbonyl (C=O) groups is 1. The van der Waals surface area contributed by atoms with Gasteiger partial charge in [-0.1, -0.05) is 36.0 Å². The number of allylic oxidation sites excluding steroid dienone is 5. The van der Waals surface area contributed by atoms with E-state index in [1.54, 1.807) is 12.2 Å². The van der Waals surface area contributed by atoms with E-state index in [1.807, 2.05) is 32.1 Å². The van der Waals surface area contributed by atoms with E-state index in [4.69, 9.17) is 5.11 Å². The number of carboxylic acids is 1. The maximum atomic E-state index is 10.1. The van der Waals surface area contributed by atoms with Crippen molar-refractivity contribution in [3.63, 3.8) is 0 Å². The van der Waals surface area contributed by atoms with Gasteiger partial charge >= 0.3 is 5.97 Å². The summed E-state index contributed by atoms with van der Waals surface area (Å²) in [6.07, 6.45) is 9.24. The van der Waals surface area contributed by atoms with E-state index in [0.29, 0.717) is 0 Å². The van der Waals surface area contributed by atoms with Crippen LogP contribution in [-0.2, 0) is 4.79 Å². The zero-order valence-electron chi connectivity index (χ0n) is 7.45. The van der Waals surface area contributed by atoms with Crippen molar-refractivity contribution in [2.75, 3.05) is 0 Å². The molecule has 0 heterocycles. The molecule has 2 heteroatoms. The van der Waals surface area contributed by atoms with Crippen molar-refractivity contribution in [1.29, 1.82) is 0 Å². The Morgan fingerprint density at radius 3 is 2.67 bits per heavy atom. The molecule has 0 aliphatic heterocycles. The second-order valence-corrected chi connectivity index (χ2v) is 2.44. The molecule has 0 saturated heterocycles. The number of rotatable bonds is 4. The molecule has 0 atom stereocenters. The van der Waals surface area contributed by atoms with Crippen LogP contribution in [0.25, 0.3) is 0 Å². The van der Waals surface area contributed by atoms with Gasteiger partial charge in [0.15, 0.2) is 0 Å². The average molecular weight is 166 g/mol. The number of carboxylic acid groups (broad SMARTS) is 1. The molecule has 0 fully saturated rings. The molecule has 0 aromatic rings. The summed E-state index contributed by atoms with van der Waals surface area (Å²) in [4.78, 5) is 10.1. The first kappa shape index (κ1) is 10.7. The van der Waals surface area contributed by atoms with Crippen molar-refractivity contribution >= 4 is 5.97 Å². The molecule has 66 valence electrons. The molecule has 0 rings (SSSR count). The van der Waals surface area contributed by atoms with Crippen LogP contribution < -0.4 is 0 Å². The zero-order valence-corrected chi connectivity index (χ0v) is 7.45. The SMILES string of the molecule is C\C=C/C(C)=C\C=C\CC(=O)O. The molecule has 0 spiro atoms. The van der Waals surface area contributed by atoms with Crippen LogP contribution in [-0.4, -0.2) is 11.1 Å². The molecule has 0 radical (unpaired) electrons. The van der Waals surface area contributed by atoms with Crippen LogP contribution in [0.1, 0.15) is 20.3 Å². The second-order valence-electron chi connectivity index (χ2n) is 2.44. The van der Waals surface area contributed by atoms with Crippen LogP contribution in [0.5, 0.6) is 0 Å². The fraction of sp³-hybridized carbons (Fsp3) is 0.300. The van der Waals surface area contributed by atoms with Crippen LogP contribution >= 0.6 is 0 Å². The Morgan fingerprint density at radius 1 is 1.50 bits per heavy atom. The van der Waals surface area contributed by atoms with Gasteiger partial charge in [-0.25, -0.2) is 0 Å². The summed E-state index contributed by atoms with van der Waals surface area (Å²) in [6, 6.07) is 0. The monoisotopic (exact) mass is 166 g/mol. The van der Waals surface area contributed by atoms with Crippen molar-refractivity contribution in [1.82, 2.24) is 0 Å². The van der Waals surface area contributed by atoms with E-state index in [0.717, 1.165) is 5.57 Å². The fourth-order valence-electron chi connectivity index (χ4n) is 0.707. The van der Waals surface area contributed by atoms with Gasteiger partial charge in [0.1, 0.15) is 0 Å². The summed E-state index contributed by atoms with van der Waals surface area (Å²) >= 11 is 0. The molecule has 0 saturated carbocycles. The van der Waals surface area contributed by atoms with Gasteiger partial charge < -0.3 is 5.11 Å². The van der Waals surface area contributed by atoms with E-state index in [-0.39, 0.29) is 6.42 Å². The Labute approximate surface area is 72.9 Å². The summed E-state index contributed by atoms with van der Waals surface area (Å²) in [6.45, 7) is 3.91. The lowest BCUT2D eigenvalue weighted by molar-refractivity contribution is -0.135. The van der Waals surface area contributed by atoms with E-state index in [1.165, 1.54) is 0 Å². The summed E-state index contributed by atoms with van der Waals surface area (Å²) in [5, 5.41) is 8.30. The summed E-state index contributed by atoms with van der Waals surface area (Å²) < 4.78 is 0. The molecule has 0 amide bonds. The van der Waals surface area contributed by atoms with Crippen LogP contribution in [0.15, 0.2) is 36.0 Å². The Bertz CT molecular complexity index is 222. The highest BCUT2D eigenvalue weighted by molar-refractivity contribution is 5.68. The number of hydrogen-bond donors (Lipinski definition) is 1. The van der Waals surface area contributed by atoms with Crippen molar-refractivity contribution in [2.24, 2.45) is 0 Å². The highest BCUT2D eigenvalue weighted by Crippen LogP contribution is 1.95. The maximum Gasteiger partial charge on any atom is 0.307 e. The van der Waals surface area contributed by atoms with Gasteiger partial charge in [0, 0.05) is 0 Å². The molecular formula is C10H14O2. The van der Waals surface area contributed by atoms with Gasteiger partial charge in [-0.2, -0.15) is 0 Å². The number of aliphatic carboxylic acids is 1. The lowest BCUT2D eigenvalue weighted by Gasteiger charge is -1.85. The molecule has 1 N–H and O–H groups in total. The Balaban J connectivity index is 3.86. The molecular weight excluding hydrogens is 152 g/mol. The van der Waals surface area contributed by atoms with Gasteiger partial charge in [-0.3, -0.25) is 4.79 Å². The van der Waals surface area contributed by atoms with Gasteiger partial charge in [0.05, 0.1) is 6.42 Å². The third kappa shape index (κ3) is 6.81. The molecule has 2 nitrogen and oxygen atoms in total. The van der Waals surface area contributed by atoms with Crippen molar-refractivity contribution in [3.05, 3.63) is 36.0 Å².